The summed E-state index contributed by atoms with van der Waals surface area (Å²) in [6.07, 6.45) is 10.6. The van der Waals surface area contributed by atoms with E-state index in [-0.39, 0.29) is 12.2 Å². The van der Waals surface area contributed by atoms with Crippen molar-refractivity contribution in [3.8, 4) is 0 Å². The molecule has 2 atom stereocenters. The van der Waals surface area contributed by atoms with Crippen molar-refractivity contribution >= 4 is 5.69 Å². The maximum Gasteiger partial charge on any atom is 0.0912 e. The van der Waals surface area contributed by atoms with Crippen LogP contribution >= 0.6 is 0 Å². The molecular formula is C21H30N4O2. The van der Waals surface area contributed by atoms with Crippen LogP contribution in [0.2, 0.25) is 0 Å². The number of rotatable bonds is 7. The maximum absolute atomic E-state index is 6.21. The van der Waals surface area contributed by atoms with Gasteiger partial charge in [-0.1, -0.05) is 13.3 Å². The van der Waals surface area contributed by atoms with Gasteiger partial charge in [0.15, 0.2) is 0 Å². The Morgan fingerprint density at radius 2 is 2.19 bits per heavy atom. The van der Waals surface area contributed by atoms with Gasteiger partial charge in [0.25, 0.3) is 0 Å². The average molecular weight is 370 g/mol. The summed E-state index contributed by atoms with van der Waals surface area (Å²) < 4.78 is 14.2. The van der Waals surface area contributed by atoms with Crippen molar-refractivity contribution in [3.63, 3.8) is 0 Å². The maximum atomic E-state index is 6.21. The number of hydrogen-bond donors (Lipinski definition) is 1. The highest BCUT2D eigenvalue weighted by molar-refractivity contribution is 5.46. The van der Waals surface area contributed by atoms with Gasteiger partial charge in [-0.05, 0) is 44.2 Å². The van der Waals surface area contributed by atoms with E-state index >= 15 is 0 Å². The van der Waals surface area contributed by atoms with Crippen molar-refractivity contribution in [3.05, 3.63) is 41.0 Å². The SMILES string of the molecule is CCCc1cc(N)c(CO[C@H]2CCO[C@@H](c3cnn(C4CC4)c3)C2)nc1C. The summed E-state index contributed by atoms with van der Waals surface area (Å²) in [5, 5.41) is 4.49. The van der Waals surface area contributed by atoms with Crippen molar-refractivity contribution in [2.45, 2.75) is 77.2 Å². The summed E-state index contributed by atoms with van der Waals surface area (Å²) in [4.78, 5) is 4.69. The molecule has 2 aromatic heterocycles. The Kier molecular flexibility index (Phi) is 5.45. The van der Waals surface area contributed by atoms with Gasteiger partial charge in [-0.15, -0.1) is 0 Å². The molecule has 0 aromatic carbocycles. The van der Waals surface area contributed by atoms with Gasteiger partial charge in [0, 0.05) is 30.5 Å². The molecule has 1 aliphatic heterocycles. The number of nitrogens with two attached hydrogens (primary N) is 1. The van der Waals surface area contributed by atoms with Gasteiger partial charge in [0.2, 0.25) is 0 Å². The van der Waals surface area contributed by atoms with Crippen LogP contribution in [0.5, 0.6) is 0 Å². The molecule has 0 radical (unpaired) electrons. The third-order valence-corrected chi connectivity index (χ3v) is 5.56. The van der Waals surface area contributed by atoms with Crippen LogP contribution in [0, 0.1) is 6.92 Å². The second-order valence-electron chi connectivity index (χ2n) is 7.82. The van der Waals surface area contributed by atoms with Gasteiger partial charge in [-0.2, -0.15) is 5.10 Å². The van der Waals surface area contributed by atoms with E-state index in [1.807, 2.05) is 6.20 Å². The number of anilines is 1. The molecule has 1 aliphatic carbocycles. The first-order valence-corrected chi connectivity index (χ1v) is 10.2. The third kappa shape index (κ3) is 4.33. The monoisotopic (exact) mass is 370 g/mol. The van der Waals surface area contributed by atoms with Gasteiger partial charge >= 0.3 is 0 Å². The fourth-order valence-corrected chi connectivity index (χ4v) is 3.76. The highest BCUT2D eigenvalue weighted by atomic mass is 16.5. The first kappa shape index (κ1) is 18.4. The Morgan fingerprint density at radius 3 is 2.96 bits per heavy atom. The highest BCUT2D eigenvalue weighted by Gasteiger charge is 2.29. The van der Waals surface area contributed by atoms with E-state index in [1.54, 1.807) is 0 Å². The van der Waals surface area contributed by atoms with E-state index in [1.165, 1.54) is 18.4 Å². The molecule has 2 N–H and O–H groups in total. The van der Waals surface area contributed by atoms with Crippen molar-refractivity contribution in [1.82, 2.24) is 14.8 Å². The Hall–Kier alpha value is -1.92. The van der Waals surface area contributed by atoms with E-state index < -0.39 is 0 Å². The van der Waals surface area contributed by atoms with Crippen molar-refractivity contribution in [2.24, 2.45) is 0 Å². The Bertz CT molecular complexity index is 784. The molecule has 0 amide bonds. The summed E-state index contributed by atoms with van der Waals surface area (Å²) >= 11 is 0. The van der Waals surface area contributed by atoms with Crippen LogP contribution in [-0.2, 0) is 22.5 Å². The quantitative estimate of drug-likeness (QED) is 0.800. The molecule has 2 fully saturated rings. The second-order valence-corrected chi connectivity index (χ2v) is 7.82. The van der Waals surface area contributed by atoms with E-state index in [0.29, 0.717) is 19.3 Å². The number of ether oxygens (including phenoxy) is 2. The number of hydrogen-bond acceptors (Lipinski definition) is 5. The molecule has 0 bridgehead atoms. The predicted octanol–water partition coefficient (Wildman–Crippen LogP) is 3.89. The van der Waals surface area contributed by atoms with Crippen LogP contribution in [0.3, 0.4) is 0 Å². The Morgan fingerprint density at radius 1 is 1.33 bits per heavy atom. The van der Waals surface area contributed by atoms with E-state index in [4.69, 9.17) is 15.2 Å². The number of nitrogens with zero attached hydrogens (tertiary/aromatic N) is 3. The van der Waals surface area contributed by atoms with Gasteiger partial charge < -0.3 is 15.2 Å². The van der Waals surface area contributed by atoms with Crippen molar-refractivity contribution in [1.29, 1.82) is 0 Å². The van der Waals surface area contributed by atoms with Crippen LogP contribution in [-0.4, -0.2) is 27.5 Å². The summed E-state index contributed by atoms with van der Waals surface area (Å²) in [6.45, 7) is 5.39. The van der Waals surface area contributed by atoms with Gasteiger partial charge in [-0.3, -0.25) is 9.67 Å². The zero-order chi connectivity index (χ0) is 18.8. The van der Waals surface area contributed by atoms with Crippen LogP contribution in [0.1, 0.15) is 73.7 Å². The number of nitrogen functional groups attached to an aromatic ring is 1. The predicted molar refractivity (Wildman–Crippen MR) is 104 cm³/mol. The number of pyridine rings is 1. The summed E-state index contributed by atoms with van der Waals surface area (Å²) in [7, 11) is 0. The largest absolute Gasteiger partial charge is 0.397 e. The minimum atomic E-state index is 0.0650. The lowest BCUT2D eigenvalue weighted by atomic mass is 10.0. The standard InChI is InChI=1S/C21H30N4O2/c1-3-4-15-9-19(22)20(24-14(15)2)13-27-18-7-8-26-21(10-18)16-11-23-25(12-16)17-5-6-17/h9,11-12,17-18,21H,3-8,10,13,22H2,1-2H3/t18-,21+/m0/s1. The van der Waals surface area contributed by atoms with Crippen molar-refractivity contribution < 1.29 is 9.47 Å². The molecule has 6 heteroatoms. The first-order valence-electron chi connectivity index (χ1n) is 10.2. The van der Waals surface area contributed by atoms with Crippen LogP contribution in [0.4, 0.5) is 5.69 Å². The van der Waals surface area contributed by atoms with Gasteiger partial charge in [0.1, 0.15) is 0 Å². The van der Waals surface area contributed by atoms with Crippen LogP contribution in [0.25, 0.3) is 0 Å². The average Bonchev–Trinajstić information content (AvgIpc) is 3.40. The molecule has 146 valence electrons. The molecule has 3 heterocycles. The molecule has 1 saturated carbocycles. The second kappa shape index (κ2) is 7.98. The minimum Gasteiger partial charge on any atom is -0.397 e. The fraction of sp³-hybridized carbons (Fsp3) is 0.619. The zero-order valence-corrected chi connectivity index (χ0v) is 16.4. The number of aryl methyl sites for hydroxylation is 2. The molecule has 27 heavy (non-hydrogen) atoms. The lowest BCUT2D eigenvalue weighted by molar-refractivity contribution is -0.0797. The highest BCUT2D eigenvalue weighted by Crippen LogP contribution is 2.36. The molecular weight excluding hydrogens is 340 g/mol. The first-order chi connectivity index (χ1) is 13.1. The van der Waals surface area contributed by atoms with Crippen LogP contribution in [0.15, 0.2) is 18.5 Å². The molecule has 2 aliphatic rings. The normalized spacial score (nSPS) is 22.9. The molecule has 0 unspecified atom stereocenters. The molecule has 6 nitrogen and oxygen atoms in total. The fourth-order valence-electron chi connectivity index (χ4n) is 3.76. The van der Waals surface area contributed by atoms with Gasteiger partial charge in [0.05, 0.1) is 42.4 Å². The topological polar surface area (TPSA) is 75.2 Å². The lowest BCUT2D eigenvalue weighted by Crippen LogP contribution is -2.26. The van der Waals surface area contributed by atoms with E-state index in [0.717, 1.165) is 48.3 Å². The minimum absolute atomic E-state index is 0.0650. The van der Waals surface area contributed by atoms with Gasteiger partial charge in [-0.25, -0.2) is 0 Å². The van der Waals surface area contributed by atoms with Crippen LogP contribution < -0.4 is 5.73 Å². The Balaban J connectivity index is 1.36. The summed E-state index contributed by atoms with van der Waals surface area (Å²) in [5.41, 5.74) is 11.2. The molecule has 0 spiro atoms. The lowest BCUT2D eigenvalue weighted by Gasteiger charge is -2.29. The molecule has 1 saturated heterocycles. The smallest absolute Gasteiger partial charge is 0.0912 e. The molecule has 4 rings (SSSR count). The third-order valence-electron chi connectivity index (χ3n) is 5.56. The Labute approximate surface area is 161 Å². The zero-order valence-electron chi connectivity index (χ0n) is 16.4. The molecule has 2 aromatic rings. The summed E-state index contributed by atoms with van der Waals surface area (Å²) in [6, 6.07) is 2.66. The van der Waals surface area contributed by atoms with E-state index in [2.05, 4.69) is 40.9 Å². The number of aromatic nitrogens is 3. The summed E-state index contributed by atoms with van der Waals surface area (Å²) in [5.74, 6) is 0. The van der Waals surface area contributed by atoms with E-state index in [9.17, 15) is 0 Å². The van der Waals surface area contributed by atoms with Crippen molar-refractivity contribution in [2.75, 3.05) is 12.3 Å².